The summed E-state index contributed by atoms with van der Waals surface area (Å²) in [5.41, 5.74) is 16.1. The van der Waals surface area contributed by atoms with E-state index < -0.39 is 29.9 Å². The van der Waals surface area contributed by atoms with Gasteiger partial charge in [-0.2, -0.15) is 0 Å². The second kappa shape index (κ2) is 9.29. The van der Waals surface area contributed by atoms with Crippen LogP contribution in [0.5, 0.6) is 0 Å². The summed E-state index contributed by atoms with van der Waals surface area (Å²) < 4.78 is 0. The van der Waals surface area contributed by atoms with Crippen molar-refractivity contribution >= 4 is 17.8 Å². The van der Waals surface area contributed by atoms with Gasteiger partial charge >= 0.3 is 5.97 Å². The van der Waals surface area contributed by atoms with Gasteiger partial charge in [-0.25, -0.2) is 0 Å². The zero-order valence-corrected chi connectivity index (χ0v) is 10.8. The van der Waals surface area contributed by atoms with Gasteiger partial charge in [-0.3, -0.25) is 14.4 Å². The van der Waals surface area contributed by atoms with Crippen LogP contribution >= 0.6 is 0 Å². The fourth-order valence-electron chi connectivity index (χ4n) is 1.47. The number of aliphatic carboxylic acids is 1. The molecule has 2 atom stereocenters. The average Bonchev–Trinajstić information content (AvgIpc) is 2.33. The number of unbranched alkanes of at least 4 members (excludes halogenated alkanes) is 1. The molecule has 0 aromatic heterocycles. The van der Waals surface area contributed by atoms with Gasteiger partial charge < -0.3 is 27.6 Å². The van der Waals surface area contributed by atoms with Crippen LogP contribution in [0.4, 0.5) is 0 Å². The average molecular weight is 274 g/mol. The van der Waals surface area contributed by atoms with E-state index in [1.54, 1.807) is 0 Å². The molecule has 8 N–H and O–H groups in total. The van der Waals surface area contributed by atoms with Crippen LogP contribution in [0.25, 0.3) is 0 Å². The molecule has 0 heterocycles. The SMILES string of the molecule is NCCCC[C@H](N)C(=O)N[C@@H](CCC(=O)O)C(N)=O. The van der Waals surface area contributed by atoms with Crippen LogP contribution in [0.15, 0.2) is 0 Å². The molecule has 0 aromatic rings. The largest absolute Gasteiger partial charge is 0.481 e. The molecule has 110 valence electrons. The summed E-state index contributed by atoms with van der Waals surface area (Å²) in [6, 6.07) is -1.76. The predicted molar refractivity (Wildman–Crippen MR) is 68.9 cm³/mol. The van der Waals surface area contributed by atoms with Crippen LogP contribution < -0.4 is 22.5 Å². The first-order valence-electron chi connectivity index (χ1n) is 6.15. The molecule has 0 aliphatic rings. The van der Waals surface area contributed by atoms with Crippen molar-refractivity contribution in [3.8, 4) is 0 Å². The third kappa shape index (κ3) is 8.11. The highest BCUT2D eigenvalue weighted by Crippen LogP contribution is 2.01. The Hall–Kier alpha value is -1.67. The minimum Gasteiger partial charge on any atom is -0.481 e. The van der Waals surface area contributed by atoms with Crippen molar-refractivity contribution in [3.05, 3.63) is 0 Å². The van der Waals surface area contributed by atoms with Crippen molar-refractivity contribution in [1.82, 2.24) is 5.32 Å². The summed E-state index contributed by atoms with van der Waals surface area (Å²) in [4.78, 5) is 33.2. The van der Waals surface area contributed by atoms with E-state index >= 15 is 0 Å². The molecule has 0 spiro atoms. The second-order valence-corrected chi connectivity index (χ2v) is 4.29. The summed E-state index contributed by atoms with van der Waals surface area (Å²) >= 11 is 0. The lowest BCUT2D eigenvalue weighted by Gasteiger charge is -2.17. The lowest BCUT2D eigenvalue weighted by molar-refractivity contribution is -0.137. The fourth-order valence-corrected chi connectivity index (χ4v) is 1.47. The number of amides is 2. The van der Waals surface area contributed by atoms with Gasteiger partial charge in [0, 0.05) is 6.42 Å². The fraction of sp³-hybridized carbons (Fsp3) is 0.727. The van der Waals surface area contributed by atoms with Crippen LogP contribution in [0, 0.1) is 0 Å². The topological polar surface area (TPSA) is 162 Å². The van der Waals surface area contributed by atoms with Crippen LogP contribution in [-0.2, 0) is 14.4 Å². The molecule has 0 aliphatic heterocycles. The van der Waals surface area contributed by atoms with Gasteiger partial charge in [0.2, 0.25) is 11.8 Å². The Balaban J connectivity index is 4.22. The Kier molecular flexibility index (Phi) is 8.47. The Bertz CT molecular complexity index is 322. The maximum atomic E-state index is 11.7. The Morgan fingerprint density at radius 1 is 1.16 bits per heavy atom. The normalized spacial score (nSPS) is 13.6. The van der Waals surface area contributed by atoms with Gasteiger partial charge in [-0.15, -0.1) is 0 Å². The number of carbonyl (C=O) groups is 3. The van der Waals surface area contributed by atoms with E-state index in [9.17, 15) is 14.4 Å². The number of carbonyl (C=O) groups excluding carboxylic acids is 2. The number of nitrogens with two attached hydrogens (primary N) is 3. The smallest absolute Gasteiger partial charge is 0.303 e. The summed E-state index contributed by atoms with van der Waals surface area (Å²) in [5, 5.41) is 10.9. The zero-order chi connectivity index (χ0) is 14.8. The number of carboxylic acids is 1. The van der Waals surface area contributed by atoms with Crippen molar-refractivity contribution in [1.29, 1.82) is 0 Å². The molecular weight excluding hydrogens is 252 g/mol. The van der Waals surface area contributed by atoms with E-state index in [2.05, 4.69) is 5.32 Å². The van der Waals surface area contributed by atoms with E-state index in [1.165, 1.54) is 0 Å². The van der Waals surface area contributed by atoms with Crippen molar-refractivity contribution in [2.24, 2.45) is 17.2 Å². The number of carboxylic acid groups (broad SMARTS) is 1. The van der Waals surface area contributed by atoms with Gasteiger partial charge in [0.05, 0.1) is 6.04 Å². The van der Waals surface area contributed by atoms with Crippen LogP contribution in [0.3, 0.4) is 0 Å². The standard InChI is InChI=1S/C11H22N4O4/c12-6-2-1-3-7(13)11(19)15-8(10(14)18)4-5-9(16)17/h7-8H,1-6,12-13H2,(H2,14,18)(H,15,19)(H,16,17)/t7-,8-/m0/s1. The lowest BCUT2D eigenvalue weighted by atomic mass is 10.1. The quantitative estimate of drug-likeness (QED) is 0.297. The van der Waals surface area contributed by atoms with Gasteiger partial charge in [0.15, 0.2) is 0 Å². The maximum Gasteiger partial charge on any atom is 0.303 e. The van der Waals surface area contributed by atoms with Crippen molar-refractivity contribution in [2.45, 2.75) is 44.2 Å². The summed E-state index contributed by atoms with van der Waals surface area (Å²) in [6.07, 6.45) is 1.62. The molecule has 0 fully saturated rings. The molecular formula is C11H22N4O4. The molecule has 0 rings (SSSR count). The number of nitrogens with one attached hydrogen (secondary N) is 1. The number of hydrogen-bond acceptors (Lipinski definition) is 5. The van der Waals surface area contributed by atoms with Crippen molar-refractivity contribution in [3.63, 3.8) is 0 Å². The monoisotopic (exact) mass is 274 g/mol. The molecule has 8 heteroatoms. The molecule has 19 heavy (non-hydrogen) atoms. The molecule has 2 amide bonds. The molecule has 0 unspecified atom stereocenters. The summed E-state index contributed by atoms with van der Waals surface area (Å²) in [6.45, 7) is 0.525. The van der Waals surface area contributed by atoms with Gasteiger partial charge in [0.25, 0.3) is 0 Å². The molecule has 0 saturated heterocycles. The van der Waals surface area contributed by atoms with Gasteiger partial charge in [-0.05, 0) is 25.8 Å². The van der Waals surface area contributed by atoms with Crippen LogP contribution in [-0.4, -0.2) is 41.5 Å². The minimum absolute atomic E-state index is 0.0497. The minimum atomic E-state index is -1.06. The molecule has 0 aliphatic carbocycles. The first kappa shape index (κ1) is 17.3. The third-order valence-corrected chi connectivity index (χ3v) is 2.61. The van der Waals surface area contributed by atoms with Gasteiger partial charge in [-0.1, -0.05) is 6.42 Å². The van der Waals surface area contributed by atoms with Crippen LogP contribution in [0.1, 0.15) is 32.1 Å². The predicted octanol–water partition coefficient (Wildman–Crippen LogP) is -1.72. The van der Waals surface area contributed by atoms with Crippen molar-refractivity contribution < 1.29 is 19.5 Å². The third-order valence-electron chi connectivity index (χ3n) is 2.61. The highest BCUT2D eigenvalue weighted by molar-refractivity contribution is 5.89. The highest BCUT2D eigenvalue weighted by Gasteiger charge is 2.22. The maximum absolute atomic E-state index is 11.7. The number of primary amides is 1. The lowest BCUT2D eigenvalue weighted by Crippen LogP contribution is -2.50. The molecule has 8 nitrogen and oxygen atoms in total. The second-order valence-electron chi connectivity index (χ2n) is 4.29. The number of rotatable bonds is 10. The van der Waals surface area contributed by atoms with E-state index in [4.69, 9.17) is 22.3 Å². The first-order valence-corrected chi connectivity index (χ1v) is 6.15. The van der Waals surface area contributed by atoms with Crippen molar-refractivity contribution in [2.75, 3.05) is 6.54 Å². The van der Waals surface area contributed by atoms with E-state index in [0.717, 1.165) is 6.42 Å². The van der Waals surface area contributed by atoms with Gasteiger partial charge in [0.1, 0.15) is 6.04 Å². The molecule has 0 saturated carbocycles. The molecule has 0 radical (unpaired) electrons. The zero-order valence-electron chi connectivity index (χ0n) is 10.8. The molecule has 0 bridgehead atoms. The Labute approximate surface area is 111 Å². The van der Waals surface area contributed by atoms with E-state index in [0.29, 0.717) is 19.4 Å². The van der Waals surface area contributed by atoms with E-state index in [-0.39, 0.29) is 12.8 Å². The van der Waals surface area contributed by atoms with E-state index in [1.807, 2.05) is 0 Å². The summed E-state index contributed by atoms with van der Waals surface area (Å²) in [7, 11) is 0. The highest BCUT2D eigenvalue weighted by atomic mass is 16.4. The Morgan fingerprint density at radius 3 is 2.26 bits per heavy atom. The number of hydrogen-bond donors (Lipinski definition) is 5. The summed E-state index contributed by atoms with van der Waals surface area (Å²) in [5.74, 6) is -2.34. The first-order chi connectivity index (χ1) is 8.88. The Morgan fingerprint density at radius 2 is 1.79 bits per heavy atom. The van der Waals surface area contributed by atoms with Crippen LogP contribution in [0.2, 0.25) is 0 Å². The molecule has 0 aromatic carbocycles.